The zero-order chi connectivity index (χ0) is 17.1. The van der Waals surface area contributed by atoms with Gasteiger partial charge >= 0.3 is 0 Å². The zero-order valence-electron chi connectivity index (χ0n) is 13.8. The SMILES string of the molecule is Cc1ccccc1C(=O)NC1CCC(c2ccc(O)cc2O)CC1. The van der Waals surface area contributed by atoms with Crippen LogP contribution >= 0.6 is 0 Å². The van der Waals surface area contributed by atoms with Crippen LogP contribution in [0.15, 0.2) is 42.5 Å². The fraction of sp³-hybridized carbons (Fsp3) is 0.350. The van der Waals surface area contributed by atoms with E-state index < -0.39 is 0 Å². The smallest absolute Gasteiger partial charge is 0.251 e. The molecule has 4 heteroatoms. The Morgan fingerprint density at radius 3 is 2.42 bits per heavy atom. The molecule has 126 valence electrons. The molecule has 0 bridgehead atoms. The van der Waals surface area contributed by atoms with Crippen molar-refractivity contribution in [1.82, 2.24) is 5.32 Å². The van der Waals surface area contributed by atoms with Gasteiger partial charge in [0.25, 0.3) is 5.91 Å². The summed E-state index contributed by atoms with van der Waals surface area (Å²) >= 11 is 0. The molecule has 0 saturated heterocycles. The Balaban J connectivity index is 1.59. The lowest BCUT2D eigenvalue weighted by Crippen LogP contribution is -2.37. The van der Waals surface area contributed by atoms with Gasteiger partial charge in [0.1, 0.15) is 11.5 Å². The van der Waals surface area contributed by atoms with Gasteiger partial charge in [-0.15, -0.1) is 0 Å². The van der Waals surface area contributed by atoms with Crippen molar-refractivity contribution >= 4 is 5.91 Å². The van der Waals surface area contributed by atoms with Crippen molar-refractivity contribution in [3.8, 4) is 11.5 Å². The Morgan fingerprint density at radius 1 is 1.04 bits per heavy atom. The fourth-order valence-corrected chi connectivity index (χ4v) is 3.52. The van der Waals surface area contributed by atoms with Crippen LogP contribution < -0.4 is 5.32 Å². The number of carbonyl (C=O) groups is 1. The van der Waals surface area contributed by atoms with Gasteiger partial charge in [-0.2, -0.15) is 0 Å². The number of nitrogens with one attached hydrogen (secondary N) is 1. The van der Waals surface area contributed by atoms with Crippen molar-refractivity contribution in [2.24, 2.45) is 0 Å². The lowest BCUT2D eigenvalue weighted by Gasteiger charge is -2.30. The minimum Gasteiger partial charge on any atom is -0.508 e. The Kier molecular flexibility index (Phi) is 4.74. The lowest BCUT2D eigenvalue weighted by molar-refractivity contribution is 0.0925. The normalized spacial score (nSPS) is 20.5. The van der Waals surface area contributed by atoms with Gasteiger partial charge < -0.3 is 15.5 Å². The molecule has 0 aliphatic heterocycles. The van der Waals surface area contributed by atoms with Gasteiger partial charge in [0.05, 0.1) is 0 Å². The summed E-state index contributed by atoms with van der Waals surface area (Å²) in [5, 5.41) is 22.5. The Morgan fingerprint density at radius 2 is 1.75 bits per heavy atom. The maximum Gasteiger partial charge on any atom is 0.251 e. The first-order chi connectivity index (χ1) is 11.5. The Labute approximate surface area is 142 Å². The number of aryl methyl sites for hydroxylation is 1. The van der Waals surface area contributed by atoms with E-state index in [1.807, 2.05) is 31.2 Å². The fourth-order valence-electron chi connectivity index (χ4n) is 3.52. The Hall–Kier alpha value is -2.49. The van der Waals surface area contributed by atoms with Gasteiger partial charge in [0.2, 0.25) is 0 Å². The highest BCUT2D eigenvalue weighted by Crippen LogP contribution is 2.38. The number of carbonyl (C=O) groups excluding carboxylic acids is 1. The van der Waals surface area contributed by atoms with Crippen molar-refractivity contribution in [2.75, 3.05) is 0 Å². The summed E-state index contributed by atoms with van der Waals surface area (Å²) in [6, 6.07) is 12.6. The Bertz CT molecular complexity index is 733. The molecular weight excluding hydrogens is 302 g/mol. The van der Waals surface area contributed by atoms with E-state index >= 15 is 0 Å². The first kappa shape index (κ1) is 16.4. The van der Waals surface area contributed by atoms with Crippen LogP contribution in [0.25, 0.3) is 0 Å². The van der Waals surface area contributed by atoms with Crippen LogP contribution in [0.3, 0.4) is 0 Å². The molecule has 0 radical (unpaired) electrons. The number of hydrogen-bond donors (Lipinski definition) is 3. The lowest BCUT2D eigenvalue weighted by atomic mass is 9.81. The van der Waals surface area contributed by atoms with Crippen LogP contribution in [0.1, 0.15) is 53.1 Å². The summed E-state index contributed by atoms with van der Waals surface area (Å²) in [6.45, 7) is 1.94. The highest BCUT2D eigenvalue weighted by atomic mass is 16.3. The first-order valence-corrected chi connectivity index (χ1v) is 8.43. The predicted molar refractivity (Wildman–Crippen MR) is 93.4 cm³/mol. The van der Waals surface area contributed by atoms with Gasteiger partial charge in [-0.3, -0.25) is 4.79 Å². The quantitative estimate of drug-likeness (QED) is 0.802. The van der Waals surface area contributed by atoms with Gasteiger partial charge in [-0.05, 0) is 61.8 Å². The summed E-state index contributed by atoms with van der Waals surface area (Å²) in [7, 11) is 0. The maximum atomic E-state index is 12.4. The first-order valence-electron chi connectivity index (χ1n) is 8.43. The van der Waals surface area contributed by atoms with E-state index in [1.54, 1.807) is 12.1 Å². The second-order valence-corrected chi connectivity index (χ2v) is 6.58. The van der Waals surface area contributed by atoms with Crippen LogP contribution in [0, 0.1) is 6.92 Å². The number of rotatable bonds is 3. The molecule has 1 fully saturated rings. The average Bonchev–Trinajstić information content (AvgIpc) is 2.56. The topological polar surface area (TPSA) is 69.6 Å². The van der Waals surface area contributed by atoms with E-state index in [2.05, 4.69) is 5.32 Å². The molecule has 0 atom stereocenters. The second-order valence-electron chi connectivity index (χ2n) is 6.58. The molecule has 3 N–H and O–H groups in total. The van der Waals surface area contributed by atoms with Crippen molar-refractivity contribution < 1.29 is 15.0 Å². The van der Waals surface area contributed by atoms with E-state index in [9.17, 15) is 15.0 Å². The zero-order valence-corrected chi connectivity index (χ0v) is 13.8. The van der Waals surface area contributed by atoms with E-state index in [-0.39, 0.29) is 29.4 Å². The molecule has 0 heterocycles. The van der Waals surface area contributed by atoms with Crippen molar-refractivity contribution in [3.05, 3.63) is 59.2 Å². The van der Waals surface area contributed by atoms with Gasteiger partial charge in [0, 0.05) is 17.7 Å². The number of phenols is 2. The monoisotopic (exact) mass is 325 g/mol. The highest BCUT2D eigenvalue weighted by Gasteiger charge is 2.25. The van der Waals surface area contributed by atoms with Crippen molar-refractivity contribution in [1.29, 1.82) is 0 Å². The summed E-state index contributed by atoms with van der Waals surface area (Å²) in [4.78, 5) is 12.4. The van der Waals surface area contributed by atoms with E-state index in [4.69, 9.17) is 0 Å². The summed E-state index contributed by atoms with van der Waals surface area (Å²) < 4.78 is 0. The minimum atomic E-state index is -0.0102. The second kappa shape index (κ2) is 6.95. The molecule has 2 aromatic rings. The molecule has 1 aliphatic rings. The molecule has 0 unspecified atom stereocenters. The van der Waals surface area contributed by atoms with Gasteiger partial charge in [-0.25, -0.2) is 0 Å². The summed E-state index contributed by atoms with van der Waals surface area (Å²) in [5.74, 6) is 0.499. The number of benzene rings is 2. The molecule has 0 aromatic heterocycles. The van der Waals surface area contributed by atoms with Crippen LogP contribution in [0.4, 0.5) is 0 Å². The molecule has 4 nitrogen and oxygen atoms in total. The number of phenolic OH excluding ortho intramolecular Hbond substituents is 2. The molecule has 1 aliphatic carbocycles. The van der Waals surface area contributed by atoms with Crippen molar-refractivity contribution in [3.63, 3.8) is 0 Å². The standard InChI is InChI=1S/C20H23NO3/c1-13-4-2-3-5-17(13)20(24)21-15-8-6-14(7-9-15)18-11-10-16(22)12-19(18)23/h2-5,10-12,14-15,22-23H,6-9H2,1H3,(H,21,24). The van der Waals surface area contributed by atoms with Crippen LogP contribution in [0.2, 0.25) is 0 Å². The van der Waals surface area contributed by atoms with Crippen LogP contribution in [-0.4, -0.2) is 22.2 Å². The third kappa shape index (κ3) is 3.53. The van der Waals surface area contributed by atoms with E-state index in [0.29, 0.717) is 0 Å². The molecule has 2 aromatic carbocycles. The highest BCUT2D eigenvalue weighted by molar-refractivity contribution is 5.95. The third-order valence-electron chi connectivity index (χ3n) is 4.91. The summed E-state index contributed by atoms with van der Waals surface area (Å²) in [6.07, 6.45) is 3.61. The minimum absolute atomic E-state index is 0.0102. The maximum absolute atomic E-state index is 12.4. The molecular formula is C20H23NO3. The van der Waals surface area contributed by atoms with Gasteiger partial charge in [0.15, 0.2) is 0 Å². The summed E-state index contributed by atoms with van der Waals surface area (Å²) in [5.41, 5.74) is 2.60. The van der Waals surface area contributed by atoms with Crippen LogP contribution in [-0.2, 0) is 0 Å². The van der Waals surface area contributed by atoms with Crippen molar-refractivity contribution in [2.45, 2.75) is 44.6 Å². The number of amides is 1. The molecule has 24 heavy (non-hydrogen) atoms. The molecule has 1 amide bonds. The number of aromatic hydroxyl groups is 2. The predicted octanol–water partition coefficient (Wildman–Crippen LogP) is 3.86. The third-order valence-corrected chi connectivity index (χ3v) is 4.91. The molecule has 0 spiro atoms. The number of hydrogen-bond acceptors (Lipinski definition) is 3. The molecule has 3 rings (SSSR count). The average molecular weight is 325 g/mol. The van der Waals surface area contributed by atoms with E-state index in [0.717, 1.165) is 42.4 Å². The van der Waals surface area contributed by atoms with Crippen LogP contribution in [0.5, 0.6) is 11.5 Å². The van der Waals surface area contributed by atoms with Gasteiger partial charge in [-0.1, -0.05) is 24.3 Å². The largest absolute Gasteiger partial charge is 0.508 e. The van der Waals surface area contributed by atoms with E-state index in [1.165, 1.54) is 6.07 Å². The molecule has 1 saturated carbocycles.